The second-order valence-corrected chi connectivity index (χ2v) is 7.10. The van der Waals surface area contributed by atoms with Gasteiger partial charge in [-0.15, -0.1) is 0 Å². The molecule has 0 aromatic heterocycles. The molecule has 0 bridgehead atoms. The van der Waals surface area contributed by atoms with E-state index < -0.39 is 0 Å². The summed E-state index contributed by atoms with van der Waals surface area (Å²) in [6.07, 6.45) is 6.38. The molecule has 0 saturated carbocycles. The van der Waals surface area contributed by atoms with Gasteiger partial charge in [0.1, 0.15) is 11.9 Å². The Hall–Kier alpha value is -0.140. The number of alkyl halides is 1. The summed E-state index contributed by atoms with van der Waals surface area (Å²) in [7, 11) is 0. The lowest BCUT2D eigenvalue weighted by molar-refractivity contribution is -0.156. The number of hydrogen-bond donors (Lipinski definition) is 1. The number of carbonyl (C=O) groups is 1. The molecule has 2 aliphatic rings. The highest BCUT2D eigenvalue weighted by Gasteiger charge is 2.52. The van der Waals surface area contributed by atoms with E-state index in [9.17, 15) is 9.90 Å². The summed E-state index contributed by atoms with van der Waals surface area (Å²) in [5.41, 5.74) is -0.215. The Morgan fingerprint density at radius 3 is 2.90 bits per heavy atom. The average molecular weight is 408 g/mol. The van der Waals surface area contributed by atoms with Crippen molar-refractivity contribution in [3.05, 3.63) is 12.3 Å². The number of allylic oxidation sites excluding steroid dienone is 1. The zero-order valence-corrected chi connectivity index (χ0v) is 14.8. The van der Waals surface area contributed by atoms with Crippen LogP contribution in [0.25, 0.3) is 0 Å². The molecule has 0 spiro atoms. The van der Waals surface area contributed by atoms with Crippen LogP contribution >= 0.6 is 22.6 Å². The van der Waals surface area contributed by atoms with Crippen LogP contribution in [-0.4, -0.2) is 39.7 Å². The smallest absolute Gasteiger partial charge is 0.120 e. The van der Waals surface area contributed by atoms with Crippen molar-refractivity contribution in [2.75, 3.05) is 4.43 Å². The van der Waals surface area contributed by atoms with E-state index in [2.05, 4.69) is 29.2 Å². The van der Waals surface area contributed by atoms with Crippen LogP contribution in [0.15, 0.2) is 12.3 Å². The Bertz CT molecular complexity index is 386. The van der Waals surface area contributed by atoms with Gasteiger partial charge in [-0.2, -0.15) is 0 Å². The van der Waals surface area contributed by atoms with Gasteiger partial charge in [0, 0.05) is 23.2 Å². The number of aliphatic hydroxyl groups excluding tert-OH is 1. The molecular formula is C16H25IO4. The molecule has 2 aliphatic heterocycles. The number of halogens is 1. The number of rotatable bonds is 7. The second kappa shape index (κ2) is 7.42. The molecule has 2 saturated heterocycles. The number of aldehydes is 1. The van der Waals surface area contributed by atoms with Gasteiger partial charge in [0.2, 0.25) is 0 Å². The first-order chi connectivity index (χ1) is 10.0. The van der Waals surface area contributed by atoms with E-state index in [1.807, 2.05) is 6.92 Å². The first-order valence-corrected chi connectivity index (χ1v) is 9.24. The van der Waals surface area contributed by atoms with E-state index in [4.69, 9.17) is 9.47 Å². The zero-order valence-electron chi connectivity index (χ0n) is 12.6. The van der Waals surface area contributed by atoms with Crippen molar-refractivity contribution < 1.29 is 19.4 Å². The molecule has 5 atom stereocenters. The molecule has 21 heavy (non-hydrogen) atoms. The molecule has 0 aromatic rings. The summed E-state index contributed by atoms with van der Waals surface area (Å²) in [5.74, 6) is 0.293. The SMILES string of the molecule is C=C(O)[C@H](C)CC1CC[C@@H]2OC(CCC=O)CC2(CI)O1. The lowest BCUT2D eigenvalue weighted by Gasteiger charge is -2.41. The summed E-state index contributed by atoms with van der Waals surface area (Å²) in [4.78, 5) is 10.5. The number of carbonyl (C=O) groups excluding carboxylic acids is 1. The predicted molar refractivity (Wildman–Crippen MR) is 89.9 cm³/mol. The first-order valence-electron chi connectivity index (χ1n) is 7.71. The zero-order chi connectivity index (χ0) is 15.5. The highest BCUT2D eigenvalue weighted by Crippen LogP contribution is 2.44. The number of aliphatic hydroxyl groups is 1. The van der Waals surface area contributed by atoms with Crippen LogP contribution in [-0.2, 0) is 14.3 Å². The van der Waals surface area contributed by atoms with Crippen LogP contribution in [0.4, 0.5) is 0 Å². The third-order valence-electron chi connectivity index (χ3n) is 4.69. The maximum Gasteiger partial charge on any atom is 0.120 e. The molecule has 0 aromatic carbocycles. The minimum atomic E-state index is -0.215. The molecule has 0 amide bonds. The predicted octanol–water partition coefficient (Wildman–Crippen LogP) is 3.57. The fraction of sp³-hybridized carbons (Fsp3) is 0.812. The van der Waals surface area contributed by atoms with E-state index >= 15 is 0 Å². The van der Waals surface area contributed by atoms with Crippen molar-refractivity contribution in [3.63, 3.8) is 0 Å². The van der Waals surface area contributed by atoms with Gasteiger partial charge in [0.25, 0.3) is 0 Å². The fourth-order valence-electron chi connectivity index (χ4n) is 3.40. The van der Waals surface area contributed by atoms with Gasteiger partial charge in [-0.1, -0.05) is 36.1 Å². The Balaban J connectivity index is 1.97. The normalized spacial score (nSPS) is 37.0. The first kappa shape index (κ1) is 17.2. The highest BCUT2D eigenvalue weighted by atomic mass is 127. The average Bonchev–Trinajstić information content (AvgIpc) is 2.83. The van der Waals surface area contributed by atoms with E-state index in [1.165, 1.54) is 0 Å². The van der Waals surface area contributed by atoms with Gasteiger partial charge in [0.05, 0.1) is 24.1 Å². The van der Waals surface area contributed by atoms with Crippen LogP contribution in [0.5, 0.6) is 0 Å². The molecule has 2 heterocycles. The van der Waals surface area contributed by atoms with Crippen LogP contribution in [0.1, 0.15) is 45.4 Å². The van der Waals surface area contributed by atoms with Gasteiger partial charge in [-0.05, 0) is 25.7 Å². The molecule has 1 N–H and O–H groups in total. The monoisotopic (exact) mass is 408 g/mol. The summed E-state index contributed by atoms with van der Waals surface area (Å²) in [5, 5.41) is 9.49. The van der Waals surface area contributed by atoms with Gasteiger partial charge >= 0.3 is 0 Å². The fourth-order valence-corrected chi connectivity index (χ4v) is 4.38. The quantitative estimate of drug-likeness (QED) is 0.303. The minimum absolute atomic E-state index is 0.0611. The third-order valence-corrected chi connectivity index (χ3v) is 5.98. The standard InChI is InChI=1S/C16H25IO4/c1-11(12(2)19)8-13-5-6-15-16(10-17,21-13)9-14(20-15)4-3-7-18/h7,11,13-15,19H,2-6,8-10H2,1H3/t11-,13?,14?,15+,16?/m1/s1. The van der Waals surface area contributed by atoms with Gasteiger partial charge in [-0.3, -0.25) is 0 Å². The summed E-state index contributed by atoms with van der Waals surface area (Å²) >= 11 is 2.38. The van der Waals surface area contributed by atoms with Crippen LogP contribution in [0, 0.1) is 5.92 Å². The van der Waals surface area contributed by atoms with Crippen LogP contribution in [0.3, 0.4) is 0 Å². The van der Waals surface area contributed by atoms with Crippen molar-refractivity contribution >= 4 is 28.9 Å². The van der Waals surface area contributed by atoms with Crippen LogP contribution < -0.4 is 0 Å². The molecule has 2 rings (SSSR count). The van der Waals surface area contributed by atoms with Crippen molar-refractivity contribution in [1.29, 1.82) is 0 Å². The van der Waals surface area contributed by atoms with Crippen LogP contribution in [0.2, 0.25) is 0 Å². The molecule has 2 fully saturated rings. The minimum Gasteiger partial charge on any atom is -0.513 e. The molecule has 0 radical (unpaired) electrons. The third kappa shape index (κ3) is 3.99. The molecular weight excluding hydrogens is 383 g/mol. The van der Waals surface area contributed by atoms with E-state index in [0.717, 1.165) is 42.8 Å². The second-order valence-electron chi connectivity index (χ2n) is 6.34. The Labute approximate surface area is 140 Å². The van der Waals surface area contributed by atoms with Gasteiger partial charge in [0.15, 0.2) is 0 Å². The number of ether oxygens (including phenoxy) is 2. The molecule has 120 valence electrons. The number of hydrogen-bond acceptors (Lipinski definition) is 4. The van der Waals surface area contributed by atoms with Crippen molar-refractivity contribution in [1.82, 2.24) is 0 Å². The lowest BCUT2D eigenvalue weighted by atomic mass is 9.86. The Morgan fingerprint density at radius 2 is 2.29 bits per heavy atom. The van der Waals surface area contributed by atoms with Crippen molar-refractivity contribution in [3.8, 4) is 0 Å². The lowest BCUT2D eigenvalue weighted by Crippen LogP contribution is -2.50. The summed E-state index contributed by atoms with van der Waals surface area (Å²) in [6, 6.07) is 0. The molecule has 4 nitrogen and oxygen atoms in total. The Morgan fingerprint density at radius 1 is 1.52 bits per heavy atom. The van der Waals surface area contributed by atoms with Crippen molar-refractivity contribution in [2.45, 2.75) is 69.4 Å². The topological polar surface area (TPSA) is 55.8 Å². The molecule has 0 aliphatic carbocycles. The highest BCUT2D eigenvalue weighted by molar-refractivity contribution is 14.1. The summed E-state index contributed by atoms with van der Waals surface area (Å²) in [6.45, 7) is 5.59. The summed E-state index contributed by atoms with van der Waals surface area (Å²) < 4.78 is 13.4. The molecule has 5 heteroatoms. The molecule has 3 unspecified atom stereocenters. The largest absolute Gasteiger partial charge is 0.513 e. The van der Waals surface area contributed by atoms with Gasteiger partial charge in [-0.25, -0.2) is 0 Å². The maximum atomic E-state index is 10.5. The Kier molecular flexibility index (Phi) is 6.08. The van der Waals surface area contributed by atoms with E-state index in [-0.39, 0.29) is 35.6 Å². The van der Waals surface area contributed by atoms with E-state index in [0.29, 0.717) is 6.42 Å². The van der Waals surface area contributed by atoms with Crippen molar-refractivity contribution in [2.24, 2.45) is 5.92 Å². The van der Waals surface area contributed by atoms with E-state index in [1.54, 1.807) is 0 Å². The number of fused-ring (bicyclic) bond motifs is 1. The maximum absolute atomic E-state index is 10.5. The van der Waals surface area contributed by atoms with Gasteiger partial charge < -0.3 is 19.4 Å².